The zero-order valence-corrected chi connectivity index (χ0v) is 15.9. The first kappa shape index (κ1) is 17.7. The van der Waals surface area contributed by atoms with E-state index in [1.54, 1.807) is 0 Å². The van der Waals surface area contributed by atoms with Gasteiger partial charge in [0.1, 0.15) is 0 Å². The molecule has 0 aromatic heterocycles. The molecule has 24 heavy (non-hydrogen) atoms. The number of likely N-dealkylation sites (tertiary alicyclic amines) is 1. The van der Waals surface area contributed by atoms with Gasteiger partial charge in [0.15, 0.2) is 5.11 Å². The number of hydrogen-bond acceptors (Lipinski definition) is 2. The molecule has 2 aliphatic rings. The molecule has 1 heterocycles. The van der Waals surface area contributed by atoms with E-state index in [2.05, 4.69) is 53.4 Å². The third-order valence-corrected chi connectivity index (χ3v) is 6.14. The van der Waals surface area contributed by atoms with Crippen molar-refractivity contribution in [3.8, 4) is 0 Å². The molecule has 3 rings (SSSR count). The van der Waals surface area contributed by atoms with Gasteiger partial charge in [0.05, 0.1) is 0 Å². The molecule has 0 atom stereocenters. The normalized spacial score (nSPS) is 20.4. The third kappa shape index (κ3) is 4.48. The molecular weight excluding hydrogens is 314 g/mol. The number of piperidine rings is 1. The first-order valence-electron chi connectivity index (χ1n) is 9.48. The Labute approximate surface area is 152 Å². The predicted octanol–water partition coefficient (Wildman–Crippen LogP) is 4.42. The van der Waals surface area contributed by atoms with Crippen molar-refractivity contribution in [1.82, 2.24) is 9.80 Å². The topological polar surface area (TPSA) is 18.5 Å². The van der Waals surface area contributed by atoms with Crippen molar-refractivity contribution in [1.29, 1.82) is 0 Å². The first-order valence-corrected chi connectivity index (χ1v) is 9.89. The van der Waals surface area contributed by atoms with Crippen LogP contribution in [0.3, 0.4) is 0 Å². The lowest BCUT2D eigenvalue weighted by atomic mass is 9.92. The summed E-state index contributed by atoms with van der Waals surface area (Å²) in [6.07, 6.45) is 9.50. The highest BCUT2D eigenvalue weighted by Crippen LogP contribution is 2.26. The monoisotopic (exact) mass is 345 g/mol. The molecule has 0 amide bonds. The van der Waals surface area contributed by atoms with Crippen LogP contribution in [0.4, 0.5) is 5.69 Å². The molecule has 1 aliphatic carbocycles. The van der Waals surface area contributed by atoms with Crippen molar-refractivity contribution in [2.24, 2.45) is 0 Å². The lowest BCUT2D eigenvalue weighted by molar-refractivity contribution is 0.0985. The number of thiocarbonyl (C=S) groups is 1. The zero-order valence-electron chi connectivity index (χ0n) is 15.1. The minimum absolute atomic E-state index is 0.728. The second kappa shape index (κ2) is 8.30. The molecule has 0 unspecified atom stereocenters. The van der Waals surface area contributed by atoms with Crippen molar-refractivity contribution >= 4 is 23.0 Å². The number of nitrogens with one attached hydrogen (secondary N) is 1. The molecule has 4 heteroatoms. The summed E-state index contributed by atoms with van der Waals surface area (Å²) in [4.78, 5) is 5.01. The van der Waals surface area contributed by atoms with E-state index < -0.39 is 0 Å². The molecule has 1 aromatic rings. The smallest absolute Gasteiger partial charge is 0.173 e. The fraction of sp³-hybridized carbons (Fsp3) is 0.650. The Morgan fingerprint density at radius 2 is 1.58 bits per heavy atom. The Morgan fingerprint density at radius 1 is 1.00 bits per heavy atom. The van der Waals surface area contributed by atoms with Gasteiger partial charge < -0.3 is 15.1 Å². The van der Waals surface area contributed by atoms with Crippen molar-refractivity contribution in [3.05, 3.63) is 29.8 Å². The molecule has 0 spiro atoms. The molecule has 0 bridgehead atoms. The van der Waals surface area contributed by atoms with Gasteiger partial charge in [-0.2, -0.15) is 0 Å². The Bertz CT molecular complexity index is 528. The Hall–Kier alpha value is -1.13. The minimum Gasteiger partial charge on any atom is -0.349 e. The molecule has 1 saturated carbocycles. The van der Waals surface area contributed by atoms with E-state index in [1.165, 1.54) is 50.5 Å². The Balaban J connectivity index is 1.47. The lowest BCUT2D eigenvalue weighted by Gasteiger charge is -2.42. The highest BCUT2D eigenvalue weighted by Gasteiger charge is 2.28. The molecule has 0 radical (unpaired) electrons. The number of hydrogen-bond donors (Lipinski definition) is 1. The maximum atomic E-state index is 5.62. The number of rotatable bonds is 3. The van der Waals surface area contributed by atoms with E-state index in [4.69, 9.17) is 12.2 Å². The van der Waals surface area contributed by atoms with Gasteiger partial charge >= 0.3 is 0 Å². The van der Waals surface area contributed by atoms with Crippen molar-refractivity contribution in [2.75, 3.05) is 25.5 Å². The van der Waals surface area contributed by atoms with Crippen LogP contribution in [0.2, 0.25) is 0 Å². The maximum absolute atomic E-state index is 5.62. The van der Waals surface area contributed by atoms with Gasteiger partial charge in [-0.05, 0) is 64.0 Å². The third-order valence-electron chi connectivity index (χ3n) is 5.78. The van der Waals surface area contributed by atoms with Crippen LogP contribution in [0.1, 0.15) is 50.5 Å². The second-order valence-electron chi connectivity index (χ2n) is 7.47. The van der Waals surface area contributed by atoms with E-state index in [1.807, 2.05) is 0 Å². The van der Waals surface area contributed by atoms with Crippen LogP contribution in [0.15, 0.2) is 24.3 Å². The first-order chi connectivity index (χ1) is 11.6. The van der Waals surface area contributed by atoms with Crippen LogP contribution in [0.5, 0.6) is 0 Å². The van der Waals surface area contributed by atoms with Gasteiger partial charge in [-0.25, -0.2) is 0 Å². The van der Waals surface area contributed by atoms with Gasteiger partial charge in [-0.1, -0.05) is 37.0 Å². The van der Waals surface area contributed by atoms with Crippen LogP contribution in [0.25, 0.3) is 0 Å². The average Bonchev–Trinajstić information content (AvgIpc) is 2.64. The summed E-state index contributed by atoms with van der Waals surface area (Å²) in [6.45, 7) is 4.24. The summed E-state index contributed by atoms with van der Waals surface area (Å²) in [5.41, 5.74) is 2.37. The molecule has 2 fully saturated rings. The molecular formula is C20H31N3S. The predicted molar refractivity (Wildman–Crippen MR) is 107 cm³/mol. The molecule has 1 aromatic carbocycles. The van der Waals surface area contributed by atoms with Crippen LogP contribution >= 0.6 is 12.2 Å². The summed E-state index contributed by atoms with van der Waals surface area (Å²) in [7, 11) is 2.35. The molecule has 3 nitrogen and oxygen atoms in total. The number of aryl methyl sites for hydroxylation is 1. The van der Waals surface area contributed by atoms with Crippen molar-refractivity contribution in [3.63, 3.8) is 0 Å². The summed E-state index contributed by atoms with van der Waals surface area (Å²) in [5, 5.41) is 4.26. The SMILES string of the molecule is Cc1ccc(NC(=S)N2CCC(N(C)C3CCCCC3)CC2)cc1. The molecule has 132 valence electrons. The van der Waals surface area contributed by atoms with Gasteiger partial charge in [-0.15, -0.1) is 0 Å². The zero-order chi connectivity index (χ0) is 16.9. The fourth-order valence-electron chi connectivity index (χ4n) is 4.10. The molecule has 1 aliphatic heterocycles. The van der Waals surface area contributed by atoms with E-state index >= 15 is 0 Å². The van der Waals surface area contributed by atoms with Gasteiger partial charge in [0, 0.05) is 30.9 Å². The van der Waals surface area contributed by atoms with Crippen LogP contribution in [-0.4, -0.2) is 47.1 Å². The van der Waals surface area contributed by atoms with Gasteiger partial charge in [-0.3, -0.25) is 0 Å². The summed E-state index contributed by atoms with van der Waals surface area (Å²) >= 11 is 5.62. The van der Waals surface area contributed by atoms with Crippen LogP contribution in [0, 0.1) is 6.92 Å². The molecule has 1 N–H and O–H groups in total. The van der Waals surface area contributed by atoms with Crippen LogP contribution < -0.4 is 5.32 Å². The summed E-state index contributed by atoms with van der Waals surface area (Å²) in [6, 6.07) is 9.99. The van der Waals surface area contributed by atoms with E-state index in [-0.39, 0.29) is 0 Å². The molecule has 1 saturated heterocycles. The van der Waals surface area contributed by atoms with Crippen molar-refractivity contribution < 1.29 is 0 Å². The maximum Gasteiger partial charge on any atom is 0.173 e. The highest BCUT2D eigenvalue weighted by atomic mass is 32.1. The number of anilines is 1. The van der Waals surface area contributed by atoms with Crippen molar-refractivity contribution in [2.45, 2.75) is 64.0 Å². The Morgan fingerprint density at radius 3 is 2.21 bits per heavy atom. The lowest BCUT2D eigenvalue weighted by Crippen LogP contribution is -2.49. The number of benzene rings is 1. The van der Waals surface area contributed by atoms with E-state index in [9.17, 15) is 0 Å². The van der Waals surface area contributed by atoms with E-state index in [0.717, 1.165) is 36.0 Å². The summed E-state index contributed by atoms with van der Waals surface area (Å²) < 4.78 is 0. The van der Waals surface area contributed by atoms with E-state index in [0.29, 0.717) is 0 Å². The quantitative estimate of drug-likeness (QED) is 0.817. The van der Waals surface area contributed by atoms with Gasteiger partial charge in [0.25, 0.3) is 0 Å². The Kier molecular flexibility index (Phi) is 6.12. The largest absolute Gasteiger partial charge is 0.349 e. The van der Waals surface area contributed by atoms with Gasteiger partial charge in [0.2, 0.25) is 0 Å². The highest BCUT2D eigenvalue weighted by molar-refractivity contribution is 7.80. The second-order valence-corrected chi connectivity index (χ2v) is 7.86. The summed E-state index contributed by atoms with van der Waals surface area (Å²) in [5.74, 6) is 0. The number of nitrogens with zero attached hydrogens (tertiary/aromatic N) is 2. The minimum atomic E-state index is 0.728. The fourth-order valence-corrected chi connectivity index (χ4v) is 4.40. The average molecular weight is 346 g/mol. The van der Waals surface area contributed by atoms with Crippen LogP contribution in [-0.2, 0) is 0 Å². The standard InChI is InChI=1S/C20H31N3S/c1-16-8-10-17(11-9-16)21-20(24)23-14-12-19(13-15-23)22(2)18-6-4-3-5-7-18/h8-11,18-19H,3-7,12-15H2,1-2H3,(H,21,24).